The van der Waals surface area contributed by atoms with Gasteiger partial charge in [-0.15, -0.1) is 0 Å². The molecule has 2 aliphatic heterocycles. The Morgan fingerprint density at radius 2 is 1.97 bits per heavy atom. The Morgan fingerprint density at radius 3 is 2.72 bits per heavy atom. The van der Waals surface area contributed by atoms with E-state index >= 15 is 0 Å². The number of ether oxygens (including phenoxy) is 1. The molecule has 4 rings (SSSR count). The summed E-state index contributed by atoms with van der Waals surface area (Å²) in [7, 11) is 1.56. The highest BCUT2D eigenvalue weighted by atomic mass is 16.5. The number of hydrogen-bond donors (Lipinski definition) is 1. The highest BCUT2D eigenvalue weighted by Gasteiger charge is 2.35. The van der Waals surface area contributed by atoms with Crippen molar-refractivity contribution in [2.24, 2.45) is 5.92 Å². The fraction of sp³-hybridized carbons (Fsp3) is 0.409. The fourth-order valence-electron chi connectivity index (χ4n) is 4.42. The SMILES string of the molecule is CNC(=O)COc1ccccc1-c1cc2n(c(=O)c1)C[C@H]1C[C@@H]2CN(C(C)=O)C1. The number of nitrogens with one attached hydrogen (secondary N) is 1. The molecule has 0 radical (unpaired) electrons. The van der Waals surface area contributed by atoms with Crippen molar-refractivity contribution in [1.29, 1.82) is 0 Å². The second kappa shape index (κ2) is 7.73. The van der Waals surface area contributed by atoms with E-state index in [2.05, 4.69) is 5.32 Å². The van der Waals surface area contributed by atoms with Crippen molar-refractivity contribution >= 4 is 11.8 Å². The quantitative estimate of drug-likeness (QED) is 0.853. The molecule has 2 atom stereocenters. The maximum atomic E-state index is 12.9. The van der Waals surface area contributed by atoms with E-state index in [4.69, 9.17) is 4.74 Å². The first-order chi connectivity index (χ1) is 14.0. The van der Waals surface area contributed by atoms with Crippen LogP contribution >= 0.6 is 0 Å². The molecule has 2 aliphatic rings. The minimum Gasteiger partial charge on any atom is -0.483 e. The second-order valence-corrected chi connectivity index (χ2v) is 7.80. The third-order valence-corrected chi connectivity index (χ3v) is 5.84. The summed E-state index contributed by atoms with van der Waals surface area (Å²) in [6.45, 7) is 3.52. The van der Waals surface area contributed by atoms with E-state index < -0.39 is 0 Å². The molecule has 152 valence electrons. The number of likely N-dealkylation sites (tertiary alicyclic amines) is 1. The van der Waals surface area contributed by atoms with Gasteiger partial charge in [-0.1, -0.05) is 18.2 Å². The van der Waals surface area contributed by atoms with Crippen LogP contribution in [0.3, 0.4) is 0 Å². The van der Waals surface area contributed by atoms with Crippen LogP contribution < -0.4 is 15.6 Å². The van der Waals surface area contributed by atoms with Gasteiger partial charge in [0, 0.05) is 56.8 Å². The number of hydrogen-bond acceptors (Lipinski definition) is 4. The van der Waals surface area contributed by atoms with Crippen LogP contribution in [-0.2, 0) is 16.1 Å². The van der Waals surface area contributed by atoms with Crippen molar-refractivity contribution in [1.82, 2.24) is 14.8 Å². The summed E-state index contributed by atoms with van der Waals surface area (Å²) < 4.78 is 7.54. The highest BCUT2D eigenvalue weighted by Crippen LogP contribution is 2.38. The maximum Gasteiger partial charge on any atom is 0.257 e. The van der Waals surface area contributed by atoms with Gasteiger partial charge in [0.1, 0.15) is 5.75 Å². The molecule has 0 unspecified atom stereocenters. The van der Waals surface area contributed by atoms with Crippen molar-refractivity contribution in [3.63, 3.8) is 0 Å². The van der Waals surface area contributed by atoms with Crippen LogP contribution in [0.25, 0.3) is 11.1 Å². The van der Waals surface area contributed by atoms with Crippen molar-refractivity contribution in [3.05, 3.63) is 52.4 Å². The van der Waals surface area contributed by atoms with E-state index in [1.54, 1.807) is 26.1 Å². The molecular weight excluding hydrogens is 370 g/mol. The minimum absolute atomic E-state index is 0.0374. The van der Waals surface area contributed by atoms with E-state index in [0.29, 0.717) is 24.8 Å². The van der Waals surface area contributed by atoms with Gasteiger partial charge in [-0.05, 0) is 30.0 Å². The zero-order valence-electron chi connectivity index (χ0n) is 16.7. The van der Waals surface area contributed by atoms with Crippen molar-refractivity contribution in [3.8, 4) is 16.9 Å². The number of benzene rings is 1. The van der Waals surface area contributed by atoms with Crippen LogP contribution in [0.4, 0.5) is 0 Å². The average molecular weight is 395 g/mol. The molecule has 7 heteroatoms. The molecule has 0 saturated carbocycles. The van der Waals surface area contributed by atoms with E-state index in [9.17, 15) is 14.4 Å². The fourth-order valence-corrected chi connectivity index (χ4v) is 4.42. The summed E-state index contributed by atoms with van der Waals surface area (Å²) in [5.74, 6) is 0.889. The summed E-state index contributed by atoms with van der Waals surface area (Å²) in [6, 6.07) is 11.1. The number of para-hydroxylation sites is 1. The smallest absolute Gasteiger partial charge is 0.257 e. The predicted molar refractivity (Wildman–Crippen MR) is 109 cm³/mol. The third-order valence-electron chi connectivity index (χ3n) is 5.84. The van der Waals surface area contributed by atoms with Gasteiger partial charge in [0.2, 0.25) is 5.91 Å². The van der Waals surface area contributed by atoms with E-state index in [1.807, 2.05) is 33.7 Å². The van der Waals surface area contributed by atoms with Crippen molar-refractivity contribution < 1.29 is 14.3 Å². The van der Waals surface area contributed by atoms with Crippen LogP contribution in [0.1, 0.15) is 25.0 Å². The zero-order valence-corrected chi connectivity index (χ0v) is 16.7. The molecule has 1 aromatic carbocycles. The second-order valence-electron chi connectivity index (χ2n) is 7.80. The molecule has 0 aliphatic carbocycles. The van der Waals surface area contributed by atoms with Crippen LogP contribution in [0.5, 0.6) is 5.75 Å². The van der Waals surface area contributed by atoms with Gasteiger partial charge in [-0.3, -0.25) is 14.4 Å². The van der Waals surface area contributed by atoms with Gasteiger partial charge < -0.3 is 19.5 Å². The number of fused-ring (bicyclic) bond motifs is 4. The van der Waals surface area contributed by atoms with E-state index in [-0.39, 0.29) is 29.9 Å². The monoisotopic (exact) mass is 395 g/mol. The van der Waals surface area contributed by atoms with Gasteiger partial charge in [-0.2, -0.15) is 0 Å². The number of aromatic nitrogens is 1. The molecule has 1 aromatic heterocycles. The molecule has 1 fully saturated rings. The van der Waals surface area contributed by atoms with Crippen molar-refractivity contribution in [2.45, 2.75) is 25.8 Å². The summed E-state index contributed by atoms with van der Waals surface area (Å²) in [4.78, 5) is 38.3. The lowest BCUT2D eigenvalue weighted by Gasteiger charge is -2.42. The first-order valence-electron chi connectivity index (χ1n) is 9.89. The van der Waals surface area contributed by atoms with Crippen LogP contribution in [0.15, 0.2) is 41.2 Å². The molecule has 2 aromatic rings. The lowest BCUT2D eigenvalue weighted by Crippen LogP contribution is -2.48. The molecule has 1 N–H and O–H groups in total. The van der Waals surface area contributed by atoms with Gasteiger partial charge in [0.15, 0.2) is 6.61 Å². The molecule has 7 nitrogen and oxygen atoms in total. The summed E-state index contributed by atoms with van der Waals surface area (Å²) in [5, 5.41) is 2.53. The topological polar surface area (TPSA) is 80.6 Å². The van der Waals surface area contributed by atoms with E-state index in [0.717, 1.165) is 29.8 Å². The molecule has 29 heavy (non-hydrogen) atoms. The minimum atomic E-state index is -0.220. The number of likely N-dealkylation sites (N-methyl/N-ethyl adjacent to an activating group) is 1. The number of carbonyl (C=O) groups is 2. The average Bonchev–Trinajstić information content (AvgIpc) is 2.72. The van der Waals surface area contributed by atoms with Gasteiger partial charge in [0.25, 0.3) is 11.5 Å². The molecular formula is C22H25N3O4. The van der Waals surface area contributed by atoms with Gasteiger partial charge >= 0.3 is 0 Å². The first-order valence-corrected chi connectivity index (χ1v) is 9.89. The predicted octanol–water partition coefficient (Wildman–Crippen LogP) is 1.61. The van der Waals surface area contributed by atoms with E-state index in [1.165, 1.54) is 0 Å². The Bertz CT molecular complexity index is 1010. The lowest BCUT2D eigenvalue weighted by atomic mass is 9.82. The van der Waals surface area contributed by atoms with Crippen LogP contribution in [0.2, 0.25) is 0 Å². The molecule has 1 saturated heterocycles. The molecule has 2 bridgehead atoms. The maximum absolute atomic E-state index is 12.9. The van der Waals surface area contributed by atoms with Crippen molar-refractivity contribution in [2.75, 3.05) is 26.7 Å². The number of rotatable bonds is 4. The number of nitrogens with zero attached hydrogens (tertiary/aromatic N) is 2. The number of carbonyl (C=O) groups excluding carboxylic acids is 2. The Hall–Kier alpha value is -3.09. The molecule has 2 amide bonds. The highest BCUT2D eigenvalue weighted by molar-refractivity contribution is 5.78. The number of pyridine rings is 1. The van der Waals surface area contributed by atoms with Gasteiger partial charge in [-0.25, -0.2) is 0 Å². The summed E-state index contributed by atoms with van der Waals surface area (Å²) in [5.41, 5.74) is 2.48. The summed E-state index contributed by atoms with van der Waals surface area (Å²) in [6.07, 6.45) is 0.988. The number of piperidine rings is 1. The molecule has 3 heterocycles. The Balaban J connectivity index is 1.71. The Kier molecular flexibility index (Phi) is 5.13. The lowest BCUT2D eigenvalue weighted by molar-refractivity contribution is -0.131. The standard InChI is InChI=1S/C22H25N3O4/c1-14(26)24-10-15-7-17(12-24)19-8-16(9-22(28)25(19)11-15)18-5-3-4-6-20(18)29-13-21(27)23-2/h3-6,8-9,15,17H,7,10-13H2,1-2H3,(H,23,27)/t15-,17+/m0/s1. The number of amides is 2. The third kappa shape index (κ3) is 3.77. The zero-order chi connectivity index (χ0) is 20.5. The molecule has 0 spiro atoms. The van der Waals surface area contributed by atoms with Crippen LogP contribution in [-0.4, -0.2) is 48.0 Å². The normalized spacial score (nSPS) is 20.0. The first kappa shape index (κ1) is 19.2. The Morgan fingerprint density at radius 1 is 1.17 bits per heavy atom. The van der Waals surface area contributed by atoms with Crippen LogP contribution in [0, 0.1) is 5.92 Å². The Labute approximate surface area is 169 Å². The summed E-state index contributed by atoms with van der Waals surface area (Å²) >= 11 is 0. The largest absolute Gasteiger partial charge is 0.483 e. The van der Waals surface area contributed by atoms with Gasteiger partial charge in [0.05, 0.1) is 0 Å².